The Bertz CT molecular complexity index is 737. The van der Waals surface area contributed by atoms with Crippen LogP contribution in [0.25, 0.3) is 11.3 Å². The molecule has 0 radical (unpaired) electrons. The van der Waals surface area contributed by atoms with Crippen LogP contribution in [0.5, 0.6) is 0 Å². The smallest absolute Gasteiger partial charge is 0.193 e. The van der Waals surface area contributed by atoms with Crippen molar-refractivity contribution in [1.29, 1.82) is 0 Å². The molecule has 0 fully saturated rings. The summed E-state index contributed by atoms with van der Waals surface area (Å²) < 4.78 is 0. The van der Waals surface area contributed by atoms with E-state index in [0.29, 0.717) is 24.0 Å². The average molecular weight is 282 g/mol. The Morgan fingerprint density at radius 1 is 1.29 bits per heavy atom. The van der Waals surface area contributed by atoms with Crippen LogP contribution in [0.4, 0.5) is 5.82 Å². The zero-order valence-corrected chi connectivity index (χ0v) is 11.7. The second-order valence-corrected chi connectivity index (χ2v) is 4.48. The van der Waals surface area contributed by atoms with Gasteiger partial charge in [-0.25, -0.2) is 9.97 Å². The van der Waals surface area contributed by atoms with Crippen LogP contribution >= 0.6 is 0 Å². The molecule has 0 aliphatic heterocycles. The lowest BCUT2D eigenvalue weighted by Crippen LogP contribution is -2.05. The summed E-state index contributed by atoms with van der Waals surface area (Å²) in [6, 6.07) is 5.71. The van der Waals surface area contributed by atoms with Crippen LogP contribution in [0.3, 0.4) is 0 Å². The monoisotopic (exact) mass is 282 g/mol. The lowest BCUT2D eigenvalue weighted by atomic mass is 10.2. The second-order valence-electron chi connectivity index (χ2n) is 4.48. The number of rotatable bonds is 4. The van der Waals surface area contributed by atoms with Gasteiger partial charge in [-0.2, -0.15) is 4.80 Å². The van der Waals surface area contributed by atoms with Gasteiger partial charge in [0.2, 0.25) is 0 Å². The van der Waals surface area contributed by atoms with Gasteiger partial charge in [0.1, 0.15) is 11.6 Å². The fraction of sp³-hybridized carbons (Fsp3) is 0.231. The number of nitrogens with one attached hydrogen (secondary N) is 1. The summed E-state index contributed by atoms with van der Waals surface area (Å²) in [7, 11) is 1.73. The number of hydrogen-bond donors (Lipinski definition) is 1. The third kappa shape index (κ3) is 3.16. The molecule has 0 aliphatic rings. The second kappa shape index (κ2) is 5.61. The van der Waals surface area contributed by atoms with E-state index in [1.807, 2.05) is 25.1 Å². The normalized spacial score (nSPS) is 10.6. The Labute approximate surface area is 121 Å². The Balaban J connectivity index is 1.81. The van der Waals surface area contributed by atoms with Gasteiger partial charge < -0.3 is 5.32 Å². The van der Waals surface area contributed by atoms with E-state index in [4.69, 9.17) is 0 Å². The third-order valence-electron chi connectivity index (χ3n) is 2.77. The molecule has 8 heteroatoms. The molecule has 106 valence electrons. The van der Waals surface area contributed by atoms with E-state index in [2.05, 4.69) is 35.7 Å². The molecule has 3 heterocycles. The van der Waals surface area contributed by atoms with Crippen LogP contribution in [0.2, 0.25) is 0 Å². The molecule has 8 nitrogen and oxygen atoms in total. The minimum atomic E-state index is 0.455. The number of nitrogens with zero attached hydrogens (tertiary/aromatic N) is 7. The van der Waals surface area contributed by atoms with Crippen molar-refractivity contribution in [3.63, 3.8) is 0 Å². The first-order valence-electron chi connectivity index (χ1n) is 6.43. The summed E-state index contributed by atoms with van der Waals surface area (Å²) in [6.07, 6.45) is 3.51. The minimum absolute atomic E-state index is 0.455. The van der Waals surface area contributed by atoms with Gasteiger partial charge in [-0.1, -0.05) is 0 Å². The van der Waals surface area contributed by atoms with Crippen molar-refractivity contribution in [2.75, 3.05) is 5.32 Å². The van der Waals surface area contributed by atoms with Crippen molar-refractivity contribution >= 4 is 5.82 Å². The lowest BCUT2D eigenvalue weighted by molar-refractivity contribution is 0.628. The predicted molar refractivity (Wildman–Crippen MR) is 76.1 cm³/mol. The summed E-state index contributed by atoms with van der Waals surface area (Å²) >= 11 is 0. The fourth-order valence-corrected chi connectivity index (χ4v) is 1.88. The molecule has 21 heavy (non-hydrogen) atoms. The molecule has 0 aromatic carbocycles. The molecule has 0 aliphatic carbocycles. The highest BCUT2D eigenvalue weighted by Crippen LogP contribution is 2.18. The highest BCUT2D eigenvalue weighted by Gasteiger charge is 2.06. The van der Waals surface area contributed by atoms with Crippen molar-refractivity contribution in [3.8, 4) is 11.3 Å². The quantitative estimate of drug-likeness (QED) is 0.762. The van der Waals surface area contributed by atoms with E-state index in [-0.39, 0.29) is 0 Å². The summed E-state index contributed by atoms with van der Waals surface area (Å²) in [5.74, 6) is 2.01. The van der Waals surface area contributed by atoms with Gasteiger partial charge >= 0.3 is 0 Å². The van der Waals surface area contributed by atoms with E-state index in [0.717, 1.165) is 11.3 Å². The van der Waals surface area contributed by atoms with Crippen molar-refractivity contribution in [2.24, 2.45) is 7.05 Å². The Morgan fingerprint density at radius 2 is 2.19 bits per heavy atom. The number of anilines is 1. The highest BCUT2D eigenvalue weighted by molar-refractivity contribution is 5.61. The molecule has 0 atom stereocenters. The predicted octanol–water partition coefficient (Wildman–Crippen LogP) is 0.983. The maximum Gasteiger partial charge on any atom is 0.193 e. The molecule has 3 aromatic rings. The molecule has 3 aromatic heterocycles. The highest BCUT2D eigenvalue weighted by atomic mass is 15.6. The Morgan fingerprint density at radius 3 is 2.90 bits per heavy atom. The first-order chi connectivity index (χ1) is 10.2. The number of aryl methyl sites for hydroxylation is 2. The van der Waals surface area contributed by atoms with Crippen molar-refractivity contribution in [1.82, 2.24) is 35.2 Å². The van der Waals surface area contributed by atoms with Gasteiger partial charge in [0.05, 0.1) is 19.3 Å². The Hall–Kier alpha value is -2.90. The van der Waals surface area contributed by atoms with E-state index >= 15 is 0 Å². The summed E-state index contributed by atoms with van der Waals surface area (Å²) in [6.45, 7) is 2.31. The lowest BCUT2D eigenvalue weighted by Gasteiger charge is -2.07. The minimum Gasteiger partial charge on any atom is -0.362 e. The van der Waals surface area contributed by atoms with Crippen molar-refractivity contribution < 1.29 is 0 Å². The number of aromatic nitrogens is 7. The maximum atomic E-state index is 4.42. The molecule has 1 N–H and O–H groups in total. The standard InChI is InChI=1S/C13H14N8/c1-9-16-11(10-4-3-5-14-7-10)6-12(17-9)15-8-13-18-20-21(2)19-13/h3-7H,8H2,1-2H3,(H,15,16,17). The van der Waals surface area contributed by atoms with Crippen molar-refractivity contribution in [3.05, 3.63) is 42.2 Å². The van der Waals surface area contributed by atoms with Crippen LogP contribution in [0, 0.1) is 6.92 Å². The molecule has 0 unspecified atom stereocenters. The van der Waals surface area contributed by atoms with Crippen LogP contribution in [0.1, 0.15) is 11.6 Å². The number of tetrazole rings is 1. The Kier molecular flexibility index (Phi) is 3.50. The van der Waals surface area contributed by atoms with Crippen LogP contribution < -0.4 is 5.32 Å². The van der Waals surface area contributed by atoms with Gasteiger partial charge in [0.15, 0.2) is 5.82 Å². The maximum absolute atomic E-state index is 4.42. The van der Waals surface area contributed by atoms with Crippen LogP contribution in [-0.4, -0.2) is 35.2 Å². The third-order valence-corrected chi connectivity index (χ3v) is 2.77. The molecule has 0 spiro atoms. The number of hydrogen-bond acceptors (Lipinski definition) is 7. The molecular formula is C13H14N8. The summed E-state index contributed by atoms with van der Waals surface area (Å²) in [5, 5.41) is 15.0. The van der Waals surface area contributed by atoms with E-state index in [1.165, 1.54) is 4.80 Å². The molecule has 0 amide bonds. The number of pyridine rings is 1. The van der Waals surface area contributed by atoms with Gasteiger partial charge in [-0.3, -0.25) is 4.98 Å². The van der Waals surface area contributed by atoms with Crippen LogP contribution in [-0.2, 0) is 13.6 Å². The van der Waals surface area contributed by atoms with E-state index < -0.39 is 0 Å². The molecule has 3 rings (SSSR count). The van der Waals surface area contributed by atoms with E-state index in [1.54, 1.807) is 19.4 Å². The van der Waals surface area contributed by atoms with E-state index in [9.17, 15) is 0 Å². The van der Waals surface area contributed by atoms with Gasteiger partial charge in [0, 0.05) is 24.0 Å². The molecule has 0 saturated carbocycles. The fourth-order valence-electron chi connectivity index (χ4n) is 1.88. The van der Waals surface area contributed by atoms with Gasteiger partial charge in [0.25, 0.3) is 0 Å². The first kappa shape index (κ1) is 13.1. The van der Waals surface area contributed by atoms with Gasteiger partial charge in [-0.05, 0) is 24.3 Å². The molecule has 0 saturated heterocycles. The van der Waals surface area contributed by atoms with Crippen LogP contribution in [0.15, 0.2) is 30.6 Å². The summed E-state index contributed by atoms with van der Waals surface area (Å²) in [5.41, 5.74) is 1.77. The summed E-state index contributed by atoms with van der Waals surface area (Å²) in [4.78, 5) is 14.3. The zero-order chi connectivity index (χ0) is 14.7. The topological polar surface area (TPSA) is 94.3 Å². The van der Waals surface area contributed by atoms with Crippen molar-refractivity contribution in [2.45, 2.75) is 13.5 Å². The zero-order valence-electron chi connectivity index (χ0n) is 11.7. The molecular weight excluding hydrogens is 268 g/mol. The average Bonchev–Trinajstić information content (AvgIpc) is 2.91. The SMILES string of the molecule is Cc1nc(NCc2nnn(C)n2)cc(-c2cccnc2)n1. The molecule has 0 bridgehead atoms. The largest absolute Gasteiger partial charge is 0.362 e. The van der Waals surface area contributed by atoms with Gasteiger partial charge in [-0.15, -0.1) is 10.2 Å². The first-order valence-corrected chi connectivity index (χ1v) is 6.43.